The van der Waals surface area contributed by atoms with Crippen molar-refractivity contribution in [1.82, 2.24) is 4.31 Å². The highest BCUT2D eigenvalue weighted by Crippen LogP contribution is 2.27. The van der Waals surface area contributed by atoms with E-state index < -0.39 is 26.8 Å². The molecule has 1 aromatic rings. The Hall–Kier alpha value is -0.400. The molecule has 0 aliphatic carbocycles. The summed E-state index contributed by atoms with van der Waals surface area (Å²) in [6, 6.07) is 3.30. The second-order valence-electron chi connectivity index (χ2n) is 3.66. The van der Waals surface area contributed by atoms with Gasteiger partial charge in [0.05, 0.1) is 5.02 Å². The molecule has 104 valence electrons. The molecule has 1 aromatic carbocycles. The summed E-state index contributed by atoms with van der Waals surface area (Å²) in [6.45, 7) is 1.77. The van der Waals surface area contributed by atoms with Gasteiger partial charge >= 0.3 is 0 Å². The summed E-state index contributed by atoms with van der Waals surface area (Å²) >= 11 is 5.73. The van der Waals surface area contributed by atoms with E-state index in [4.69, 9.17) is 17.3 Å². The van der Waals surface area contributed by atoms with E-state index in [2.05, 4.69) is 0 Å². The van der Waals surface area contributed by atoms with Gasteiger partial charge in [0, 0.05) is 19.6 Å². The van der Waals surface area contributed by atoms with E-state index >= 15 is 0 Å². The number of likely N-dealkylation sites (N-methyl/N-ethyl adjacent to an activating group) is 1. The highest BCUT2D eigenvalue weighted by atomic mass is 35.5. The van der Waals surface area contributed by atoms with Gasteiger partial charge in [-0.2, -0.15) is 4.31 Å². The lowest BCUT2D eigenvalue weighted by Crippen LogP contribution is -2.40. The third kappa shape index (κ3) is 3.33. The van der Waals surface area contributed by atoms with Gasteiger partial charge in [-0.05, 0) is 19.1 Å². The van der Waals surface area contributed by atoms with Gasteiger partial charge < -0.3 is 5.73 Å². The van der Waals surface area contributed by atoms with Crippen LogP contribution in [0.2, 0.25) is 5.02 Å². The minimum atomic E-state index is -3.97. The lowest BCUT2D eigenvalue weighted by atomic mass is 10.3. The van der Waals surface area contributed by atoms with Crippen molar-refractivity contribution in [2.24, 2.45) is 5.73 Å². The number of nitrogens with zero attached hydrogens (tertiary/aromatic N) is 1. The van der Waals surface area contributed by atoms with E-state index in [1.54, 1.807) is 6.92 Å². The predicted molar refractivity (Wildman–Crippen MR) is 72.1 cm³/mol. The van der Waals surface area contributed by atoms with Crippen LogP contribution in [0.5, 0.6) is 0 Å². The first-order chi connectivity index (χ1) is 7.82. The normalized spacial score (nSPS) is 13.2. The quantitative estimate of drug-likeness (QED) is 0.922. The number of nitrogens with two attached hydrogens (primary N) is 1. The molecule has 0 saturated carbocycles. The topological polar surface area (TPSA) is 63.4 Å². The zero-order chi connectivity index (χ0) is 13.2. The summed E-state index contributed by atoms with van der Waals surface area (Å²) < 4.78 is 38.8. The molecule has 0 spiro atoms. The average molecular weight is 317 g/mol. The fourth-order valence-electron chi connectivity index (χ4n) is 1.26. The van der Waals surface area contributed by atoms with Gasteiger partial charge in [0.2, 0.25) is 10.0 Å². The molecule has 0 aromatic heterocycles. The fourth-order valence-corrected chi connectivity index (χ4v) is 3.19. The number of halogens is 3. The van der Waals surface area contributed by atoms with Crippen LogP contribution in [-0.4, -0.2) is 32.4 Å². The van der Waals surface area contributed by atoms with Crippen LogP contribution in [0.15, 0.2) is 23.1 Å². The van der Waals surface area contributed by atoms with E-state index in [9.17, 15) is 12.8 Å². The molecule has 0 bridgehead atoms. The van der Waals surface area contributed by atoms with E-state index in [-0.39, 0.29) is 24.0 Å². The van der Waals surface area contributed by atoms with Crippen LogP contribution in [0.4, 0.5) is 4.39 Å². The third-order valence-corrected chi connectivity index (χ3v) is 4.99. The minimum Gasteiger partial charge on any atom is -0.329 e. The number of hydrogen-bond donors (Lipinski definition) is 1. The molecule has 1 atom stereocenters. The molecule has 8 heteroatoms. The Morgan fingerprint density at radius 1 is 1.50 bits per heavy atom. The summed E-state index contributed by atoms with van der Waals surface area (Å²) in [4.78, 5) is -0.510. The van der Waals surface area contributed by atoms with Gasteiger partial charge in [-0.3, -0.25) is 0 Å². The molecule has 0 aliphatic rings. The highest BCUT2D eigenvalue weighted by molar-refractivity contribution is 7.89. The molecule has 1 rings (SSSR count). The monoisotopic (exact) mass is 316 g/mol. The summed E-state index contributed by atoms with van der Waals surface area (Å²) in [7, 11) is -2.62. The molecule has 1 unspecified atom stereocenters. The molecule has 0 fully saturated rings. The standard InChI is InChI=1S/C10H14ClFN2O2S.ClH/c1-7(6-13)14(2)17(15,16)10-8(11)4-3-5-9(10)12;/h3-5,7H,6,13H2,1-2H3;1H. The molecular weight excluding hydrogens is 302 g/mol. The molecule has 4 nitrogen and oxygen atoms in total. The molecular formula is C10H15Cl2FN2O2S. The van der Waals surface area contributed by atoms with Crippen LogP contribution in [-0.2, 0) is 10.0 Å². The molecule has 0 heterocycles. The van der Waals surface area contributed by atoms with Crippen LogP contribution in [0.1, 0.15) is 6.92 Å². The van der Waals surface area contributed by atoms with E-state index in [1.165, 1.54) is 19.2 Å². The molecule has 2 N–H and O–H groups in total. The van der Waals surface area contributed by atoms with E-state index in [0.29, 0.717) is 0 Å². The largest absolute Gasteiger partial charge is 0.329 e. The van der Waals surface area contributed by atoms with Crippen molar-refractivity contribution in [2.45, 2.75) is 17.9 Å². The first-order valence-electron chi connectivity index (χ1n) is 4.94. The summed E-state index contributed by atoms with van der Waals surface area (Å²) in [5, 5.41) is -0.138. The number of sulfonamides is 1. The number of rotatable bonds is 4. The van der Waals surface area contributed by atoms with Crippen LogP contribution in [0.25, 0.3) is 0 Å². The maximum Gasteiger partial charge on any atom is 0.247 e. The van der Waals surface area contributed by atoms with Crippen LogP contribution in [0, 0.1) is 5.82 Å². The molecule has 0 saturated heterocycles. The SMILES string of the molecule is CC(CN)N(C)S(=O)(=O)c1c(F)cccc1Cl.Cl. The van der Waals surface area contributed by atoms with E-state index in [0.717, 1.165) is 10.4 Å². The number of benzene rings is 1. The Labute approximate surface area is 117 Å². The summed E-state index contributed by atoms with van der Waals surface area (Å²) in [5.74, 6) is -0.867. The lowest BCUT2D eigenvalue weighted by Gasteiger charge is -2.23. The Balaban J connectivity index is 0.00000289. The molecule has 18 heavy (non-hydrogen) atoms. The maximum absolute atomic E-state index is 13.6. The smallest absolute Gasteiger partial charge is 0.247 e. The highest BCUT2D eigenvalue weighted by Gasteiger charge is 2.29. The van der Waals surface area contributed by atoms with Crippen molar-refractivity contribution in [3.63, 3.8) is 0 Å². The Morgan fingerprint density at radius 3 is 2.50 bits per heavy atom. The van der Waals surface area contributed by atoms with E-state index in [1.807, 2.05) is 0 Å². The average Bonchev–Trinajstić information content (AvgIpc) is 2.26. The molecule has 0 aliphatic heterocycles. The van der Waals surface area contributed by atoms with Gasteiger partial charge in [0.25, 0.3) is 0 Å². The second kappa shape index (κ2) is 6.68. The van der Waals surface area contributed by atoms with Crippen molar-refractivity contribution >= 4 is 34.0 Å². The molecule has 0 radical (unpaired) electrons. The number of hydrogen-bond acceptors (Lipinski definition) is 3. The summed E-state index contributed by atoms with van der Waals surface area (Å²) in [5.41, 5.74) is 5.39. The van der Waals surface area contributed by atoms with Gasteiger partial charge in [-0.15, -0.1) is 12.4 Å². The lowest BCUT2D eigenvalue weighted by molar-refractivity contribution is 0.391. The van der Waals surface area contributed by atoms with Gasteiger partial charge in [-0.1, -0.05) is 17.7 Å². The Morgan fingerprint density at radius 2 is 2.06 bits per heavy atom. The van der Waals surface area contributed by atoms with Gasteiger partial charge in [-0.25, -0.2) is 12.8 Å². The minimum absolute atomic E-state index is 0. The predicted octanol–water partition coefficient (Wildman–Crippen LogP) is 1.87. The first kappa shape index (κ1) is 17.6. The van der Waals surface area contributed by atoms with Crippen LogP contribution >= 0.6 is 24.0 Å². The first-order valence-corrected chi connectivity index (χ1v) is 6.76. The van der Waals surface area contributed by atoms with Crippen LogP contribution in [0.3, 0.4) is 0 Å². The second-order valence-corrected chi connectivity index (χ2v) is 6.00. The third-order valence-electron chi connectivity index (χ3n) is 2.52. The zero-order valence-corrected chi connectivity index (χ0v) is 12.3. The Kier molecular flexibility index (Phi) is 6.53. The van der Waals surface area contributed by atoms with Crippen LogP contribution < -0.4 is 5.73 Å². The van der Waals surface area contributed by atoms with Crippen molar-refractivity contribution < 1.29 is 12.8 Å². The fraction of sp³-hybridized carbons (Fsp3) is 0.400. The van der Waals surface area contributed by atoms with Crippen molar-refractivity contribution in [2.75, 3.05) is 13.6 Å². The van der Waals surface area contributed by atoms with Crippen molar-refractivity contribution in [1.29, 1.82) is 0 Å². The van der Waals surface area contributed by atoms with Crippen molar-refractivity contribution in [3.05, 3.63) is 29.0 Å². The summed E-state index contributed by atoms with van der Waals surface area (Å²) in [6.07, 6.45) is 0. The van der Waals surface area contributed by atoms with Crippen molar-refractivity contribution in [3.8, 4) is 0 Å². The maximum atomic E-state index is 13.6. The van der Waals surface area contributed by atoms with Gasteiger partial charge in [0.1, 0.15) is 10.7 Å². The molecule has 0 amide bonds. The zero-order valence-electron chi connectivity index (χ0n) is 9.93. The Bertz CT molecular complexity index is 490. The van der Waals surface area contributed by atoms with Gasteiger partial charge in [0.15, 0.2) is 0 Å².